The molecular weight excluding hydrogens is 234 g/mol. The van der Waals surface area contributed by atoms with E-state index in [0.29, 0.717) is 12.1 Å². The fourth-order valence-electron chi connectivity index (χ4n) is 2.84. The second-order valence-corrected chi connectivity index (χ2v) is 5.58. The first-order valence-electron chi connectivity index (χ1n) is 7.71. The second-order valence-electron chi connectivity index (χ2n) is 5.58. The Labute approximate surface area is 117 Å². The van der Waals surface area contributed by atoms with Crippen molar-refractivity contribution in [3.05, 3.63) is 35.9 Å². The molecule has 0 radical (unpaired) electrons. The monoisotopic (exact) mass is 261 g/mol. The molecule has 1 aromatic rings. The van der Waals surface area contributed by atoms with Crippen LogP contribution in [0, 0.1) is 0 Å². The zero-order valence-electron chi connectivity index (χ0n) is 12.1. The molecule has 1 aliphatic rings. The molecule has 2 rings (SSSR count). The number of ether oxygens (including phenoxy) is 1. The Hall–Kier alpha value is -0.860. The fraction of sp³-hybridized carbons (Fsp3) is 0.647. The molecule has 0 bridgehead atoms. The van der Waals surface area contributed by atoms with Gasteiger partial charge in [0.25, 0.3) is 0 Å². The minimum Gasteiger partial charge on any atom is -0.378 e. The third kappa shape index (κ3) is 5.33. The van der Waals surface area contributed by atoms with Gasteiger partial charge in [-0.25, -0.2) is 0 Å². The van der Waals surface area contributed by atoms with Crippen LogP contribution in [0.3, 0.4) is 0 Å². The van der Waals surface area contributed by atoms with E-state index < -0.39 is 0 Å². The van der Waals surface area contributed by atoms with E-state index in [1.165, 1.54) is 44.1 Å². The SMILES string of the molecule is CNC(CCc1ccccc1)CCC1CCCCO1. The molecule has 0 aromatic heterocycles. The third-order valence-corrected chi connectivity index (χ3v) is 4.14. The highest BCUT2D eigenvalue weighted by Gasteiger charge is 2.15. The van der Waals surface area contributed by atoms with Gasteiger partial charge in [0, 0.05) is 12.6 Å². The zero-order valence-corrected chi connectivity index (χ0v) is 12.1. The van der Waals surface area contributed by atoms with E-state index in [1.54, 1.807) is 0 Å². The lowest BCUT2D eigenvalue weighted by Crippen LogP contribution is -2.28. The average Bonchev–Trinajstić information content (AvgIpc) is 2.49. The lowest BCUT2D eigenvalue weighted by atomic mass is 9.97. The normalized spacial score (nSPS) is 21.2. The number of benzene rings is 1. The summed E-state index contributed by atoms with van der Waals surface area (Å²) >= 11 is 0. The lowest BCUT2D eigenvalue weighted by Gasteiger charge is -2.24. The predicted octanol–water partition coefficient (Wildman–Crippen LogP) is 3.56. The summed E-state index contributed by atoms with van der Waals surface area (Å²) in [5.41, 5.74) is 1.44. The maximum atomic E-state index is 5.81. The van der Waals surface area contributed by atoms with E-state index in [0.717, 1.165) is 13.0 Å². The van der Waals surface area contributed by atoms with Gasteiger partial charge in [0.1, 0.15) is 0 Å². The molecule has 1 aliphatic heterocycles. The first kappa shape index (κ1) is 14.5. The molecule has 2 atom stereocenters. The van der Waals surface area contributed by atoms with Crippen LogP contribution >= 0.6 is 0 Å². The maximum absolute atomic E-state index is 5.81. The van der Waals surface area contributed by atoms with Crippen LogP contribution in [0.5, 0.6) is 0 Å². The Bertz CT molecular complexity index is 332. The van der Waals surface area contributed by atoms with Gasteiger partial charge in [-0.3, -0.25) is 0 Å². The summed E-state index contributed by atoms with van der Waals surface area (Å²) in [4.78, 5) is 0. The van der Waals surface area contributed by atoms with Crippen molar-refractivity contribution >= 4 is 0 Å². The molecule has 1 saturated heterocycles. The summed E-state index contributed by atoms with van der Waals surface area (Å²) in [7, 11) is 2.08. The molecule has 0 aliphatic carbocycles. The minimum absolute atomic E-state index is 0.515. The van der Waals surface area contributed by atoms with E-state index >= 15 is 0 Å². The number of hydrogen-bond donors (Lipinski definition) is 1. The highest BCUT2D eigenvalue weighted by Crippen LogP contribution is 2.19. The number of nitrogens with one attached hydrogen (secondary N) is 1. The van der Waals surface area contributed by atoms with E-state index in [4.69, 9.17) is 4.74 Å². The molecule has 106 valence electrons. The molecule has 2 nitrogen and oxygen atoms in total. The summed E-state index contributed by atoms with van der Waals surface area (Å²) in [6.45, 7) is 0.971. The first-order chi connectivity index (χ1) is 9.38. The van der Waals surface area contributed by atoms with Gasteiger partial charge in [0.15, 0.2) is 0 Å². The molecule has 0 spiro atoms. The largest absolute Gasteiger partial charge is 0.378 e. The average molecular weight is 261 g/mol. The van der Waals surface area contributed by atoms with Crippen molar-refractivity contribution in [1.82, 2.24) is 5.32 Å². The van der Waals surface area contributed by atoms with Crippen LogP contribution in [-0.2, 0) is 11.2 Å². The maximum Gasteiger partial charge on any atom is 0.0575 e. The zero-order chi connectivity index (χ0) is 13.3. The van der Waals surface area contributed by atoms with Crippen molar-refractivity contribution in [2.24, 2.45) is 0 Å². The van der Waals surface area contributed by atoms with Crippen molar-refractivity contribution in [2.45, 2.75) is 57.1 Å². The summed E-state index contributed by atoms with van der Waals surface area (Å²) < 4.78 is 5.81. The summed E-state index contributed by atoms with van der Waals surface area (Å²) in [5.74, 6) is 0. The van der Waals surface area contributed by atoms with Crippen LogP contribution in [0.2, 0.25) is 0 Å². The standard InChI is InChI=1S/C17H27NO/c1-18-16(11-10-15-7-3-2-4-8-15)12-13-17-9-5-6-14-19-17/h2-4,7-8,16-18H,5-6,9-14H2,1H3. The van der Waals surface area contributed by atoms with Gasteiger partial charge >= 0.3 is 0 Å². The van der Waals surface area contributed by atoms with Crippen LogP contribution in [0.25, 0.3) is 0 Å². The van der Waals surface area contributed by atoms with Gasteiger partial charge in [-0.2, -0.15) is 0 Å². The Morgan fingerprint density at radius 1 is 1.21 bits per heavy atom. The van der Waals surface area contributed by atoms with Crippen LogP contribution in [0.15, 0.2) is 30.3 Å². The van der Waals surface area contributed by atoms with Gasteiger partial charge in [-0.15, -0.1) is 0 Å². The van der Waals surface area contributed by atoms with E-state index in [2.05, 4.69) is 42.7 Å². The predicted molar refractivity (Wildman–Crippen MR) is 80.4 cm³/mol. The van der Waals surface area contributed by atoms with Crippen molar-refractivity contribution < 1.29 is 4.74 Å². The molecule has 0 saturated carbocycles. The van der Waals surface area contributed by atoms with Crippen molar-refractivity contribution in [3.8, 4) is 0 Å². The van der Waals surface area contributed by atoms with Crippen LogP contribution in [-0.4, -0.2) is 25.8 Å². The molecular formula is C17H27NO. The summed E-state index contributed by atoms with van der Waals surface area (Å²) in [6.07, 6.45) is 9.19. The molecule has 1 aromatic carbocycles. The van der Waals surface area contributed by atoms with Crippen molar-refractivity contribution in [2.75, 3.05) is 13.7 Å². The second kappa shape index (κ2) is 8.34. The molecule has 1 N–H and O–H groups in total. The van der Waals surface area contributed by atoms with Crippen LogP contribution in [0.4, 0.5) is 0 Å². The van der Waals surface area contributed by atoms with E-state index in [9.17, 15) is 0 Å². The van der Waals surface area contributed by atoms with Crippen molar-refractivity contribution in [1.29, 1.82) is 0 Å². The van der Waals surface area contributed by atoms with Gasteiger partial charge in [-0.05, 0) is 57.6 Å². The highest BCUT2D eigenvalue weighted by atomic mass is 16.5. The third-order valence-electron chi connectivity index (χ3n) is 4.14. The molecule has 19 heavy (non-hydrogen) atoms. The Kier molecular flexibility index (Phi) is 6.38. The van der Waals surface area contributed by atoms with Crippen LogP contribution in [0.1, 0.15) is 44.1 Å². The summed E-state index contributed by atoms with van der Waals surface area (Å²) in [5, 5.41) is 3.46. The van der Waals surface area contributed by atoms with Gasteiger partial charge in [0.05, 0.1) is 6.10 Å². The topological polar surface area (TPSA) is 21.3 Å². The Morgan fingerprint density at radius 3 is 2.74 bits per heavy atom. The molecule has 0 amide bonds. The number of rotatable bonds is 7. The van der Waals surface area contributed by atoms with Crippen LogP contribution < -0.4 is 5.32 Å². The Morgan fingerprint density at radius 2 is 2.05 bits per heavy atom. The summed E-state index contributed by atoms with van der Waals surface area (Å²) in [6, 6.07) is 11.4. The smallest absolute Gasteiger partial charge is 0.0575 e. The molecule has 1 fully saturated rings. The van der Waals surface area contributed by atoms with Gasteiger partial charge in [-0.1, -0.05) is 30.3 Å². The minimum atomic E-state index is 0.515. The number of aryl methyl sites for hydroxylation is 1. The fourth-order valence-corrected chi connectivity index (χ4v) is 2.84. The van der Waals surface area contributed by atoms with Crippen molar-refractivity contribution in [3.63, 3.8) is 0 Å². The quantitative estimate of drug-likeness (QED) is 0.810. The lowest BCUT2D eigenvalue weighted by molar-refractivity contribution is 0.00857. The highest BCUT2D eigenvalue weighted by molar-refractivity contribution is 5.14. The molecule has 1 heterocycles. The van der Waals surface area contributed by atoms with E-state index in [-0.39, 0.29) is 0 Å². The van der Waals surface area contributed by atoms with Gasteiger partial charge < -0.3 is 10.1 Å². The number of hydrogen-bond acceptors (Lipinski definition) is 2. The molecule has 2 unspecified atom stereocenters. The molecule has 2 heteroatoms. The van der Waals surface area contributed by atoms with E-state index in [1.807, 2.05) is 0 Å². The first-order valence-corrected chi connectivity index (χ1v) is 7.71. The Balaban J connectivity index is 1.67. The van der Waals surface area contributed by atoms with Gasteiger partial charge in [0.2, 0.25) is 0 Å².